The molecular formula is C46H38N2O2. The van der Waals surface area contributed by atoms with Crippen LogP contribution in [-0.2, 0) is 0 Å². The standard InChI is InChI=1S/C46H38N2O2/c1-27(2)33-19-14-20-34(28(3)4)43(33)48-38-22-13-12-21-37(38)47-46(48)36-26-40-41(29(5)44(50-40)31-17-10-7-11-18-31)42-35-24-23-32(25-39(35)49-45(36)42)30-15-8-6-9-16-30/h6-28H,1-5H3. The Kier molecular flexibility index (Phi) is 7.03. The molecule has 0 fully saturated rings. The maximum Gasteiger partial charge on any atom is 0.149 e. The summed E-state index contributed by atoms with van der Waals surface area (Å²) >= 11 is 0. The molecule has 0 saturated carbocycles. The number of aromatic nitrogens is 2. The molecule has 4 heteroatoms. The first-order valence-electron chi connectivity index (χ1n) is 17.5. The largest absolute Gasteiger partial charge is 0.456 e. The summed E-state index contributed by atoms with van der Waals surface area (Å²) in [6, 6.07) is 44.7. The Labute approximate surface area is 291 Å². The fourth-order valence-corrected chi connectivity index (χ4v) is 7.72. The Bertz CT molecular complexity index is 2680. The molecule has 0 unspecified atom stereocenters. The van der Waals surface area contributed by atoms with Gasteiger partial charge in [-0.1, -0.05) is 125 Å². The van der Waals surface area contributed by atoms with Crippen LogP contribution in [0.2, 0.25) is 0 Å². The van der Waals surface area contributed by atoms with Crippen LogP contribution in [0, 0.1) is 6.92 Å². The number of benzene rings is 6. The predicted molar refractivity (Wildman–Crippen MR) is 207 cm³/mol. The van der Waals surface area contributed by atoms with Crippen LogP contribution in [-0.4, -0.2) is 9.55 Å². The maximum atomic E-state index is 7.03. The minimum absolute atomic E-state index is 0.309. The second kappa shape index (κ2) is 11.6. The van der Waals surface area contributed by atoms with Crippen molar-refractivity contribution in [3.05, 3.63) is 144 Å². The lowest BCUT2D eigenvalue weighted by molar-refractivity contribution is 0.628. The molecule has 0 aliphatic carbocycles. The molecule has 4 nitrogen and oxygen atoms in total. The summed E-state index contributed by atoms with van der Waals surface area (Å²) in [5.74, 6) is 2.33. The van der Waals surface area contributed by atoms with Gasteiger partial charge in [0.25, 0.3) is 0 Å². The average molecular weight is 651 g/mol. The molecule has 244 valence electrons. The van der Waals surface area contributed by atoms with Crippen LogP contribution in [0.1, 0.15) is 56.2 Å². The van der Waals surface area contributed by atoms with Crippen LogP contribution in [0.5, 0.6) is 0 Å². The molecule has 9 aromatic rings. The van der Waals surface area contributed by atoms with Crippen molar-refractivity contribution in [1.29, 1.82) is 0 Å². The second-order valence-electron chi connectivity index (χ2n) is 14.0. The van der Waals surface area contributed by atoms with Gasteiger partial charge in [0, 0.05) is 27.3 Å². The van der Waals surface area contributed by atoms with E-state index in [-0.39, 0.29) is 0 Å². The molecule has 0 spiro atoms. The van der Waals surface area contributed by atoms with E-state index >= 15 is 0 Å². The first-order valence-corrected chi connectivity index (χ1v) is 17.5. The van der Waals surface area contributed by atoms with Crippen LogP contribution in [0.4, 0.5) is 0 Å². The van der Waals surface area contributed by atoms with Gasteiger partial charge in [-0.2, -0.15) is 0 Å². The third-order valence-electron chi connectivity index (χ3n) is 10.1. The summed E-state index contributed by atoms with van der Waals surface area (Å²) in [4.78, 5) is 5.40. The lowest BCUT2D eigenvalue weighted by atomic mass is 9.92. The van der Waals surface area contributed by atoms with Gasteiger partial charge in [0.2, 0.25) is 0 Å². The van der Waals surface area contributed by atoms with Crippen molar-refractivity contribution >= 4 is 43.9 Å². The zero-order chi connectivity index (χ0) is 34.1. The molecule has 0 bridgehead atoms. The van der Waals surface area contributed by atoms with E-state index in [0.29, 0.717) is 11.8 Å². The van der Waals surface area contributed by atoms with Gasteiger partial charge in [-0.15, -0.1) is 0 Å². The normalized spacial score (nSPS) is 12.1. The molecule has 9 rings (SSSR count). The zero-order valence-corrected chi connectivity index (χ0v) is 29.0. The van der Waals surface area contributed by atoms with Crippen molar-refractivity contribution in [2.24, 2.45) is 0 Å². The van der Waals surface area contributed by atoms with Crippen molar-refractivity contribution in [1.82, 2.24) is 9.55 Å². The van der Waals surface area contributed by atoms with Gasteiger partial charge >= 0.3 is 0 Å². The monoisotopic (exact) mass is 650 g/mol. The minimum Gasteiger partial charge on any atom is -0.456 e. The fourth-order valence-electron chi connectivity index (χ4n) is 7.72. The van der Waals surface area contributed by atoms with E-state index in [0.717, 1.165) is 83.3 Å². The smallest absolute Gasteiger partial charge is 0.149 e. The number of nitrogens with zero attached hydrogens (tertiary/aromatic N) is 2. The number of fused-ring (bicyclic) bond motifs is 6. The minimum atomic E-state index is 0.309. The second-order valence-corrected chi connectivity index (χ2v) is 14.0. The Morgan fingerprint density at radius 2 is 1.24 bits per heavy atom. The Hall–Kier alpha value is -5.87. The highest BCUT2D eigenvalue weighted by Crippen LogP contribution is 2.47. The van der Waals surface area contributed by atoms with E-state index in [1.54, 1.807) is 0 Å². The number of aryl methyl sites for hydroxylation is 1. The number of hydrogen-bond acceptors (Lipinski definition) is 3. The zero-order valence-electron chi connectivity index (χ0n) is 29.0. The number of imidazole rings is 1. The van der Waals surface area contributed by atoms with Crippen molar-refractivity contribution in [2.45, 2.75) is 46.5 Å². The van der Waals surface area contributed by atoms with E-state index in [1.165, 1.54) is 16.8 Å². The van der Waals surface area contributed by atoms with Crippen LogP contribution >= 0.6 is 0 Å². The molecule has 0 aliphatic heterocycles. The van der Waals surface area contributed by atoms with Gasteiger partial charge in [-0.3, -0.25) is 4.57 Å². The maximum absolute atomic E-state index is 7.03. The van der Waals surface area contributed by atoms with Crippen molar-refractivity contribution in [3.8, 4) is 39.5 Å². The Balaban J connectivity index is 1.43. The lowest BCUT2D eigenvalue weighted by Crippen LogP contribution is -2.08. The van der Waals surface area contributed by atoms with Crippen molar-refractivity contribution in [2.75, 3.05) is 0 Å². The van der Waals surface area contributed by atoms with Crippen LogP contribution in [0.15, 0.2) is 136 Å². The summed E-state index contributed by atoms with van der Waals surface area (Å²) < 4.78 is 16.2. The highest BCUT2D eigenvalue weighted by Gasteiger charge is 2.28. The van der Waals surface area contributed by atoms with E-state index in [1.807, 2.05) is 12.1 Å². The van der Waals surface area contributed by atoms with Gasteiger partial charge in [0.1, 0.15) is 28.3 Å². The number of rotatable bonds is 6. The van der Waals surface area contributed by atoms with Gasteiger partial charge in [0.15, 0.2) is 0 Å². The third-order valence-corrected chi connectivity index (χ3v) is 10.1. The predicted octanol–water partition coefficient (Wildman–Crippen LogP) is 13.2. The number of furan rings is 2. The number of para-hydroxylation sites is 3. The third kappa shape index (κ3) is 4.63. The molecule has 6 aromatic carbocycles. The summed E-state index contributed by atoms with van der Waals surface area (Å²) in [6.45, 7) is 11.2. The highest BCUT2D eigenvalue weighted by molar-refractivity contribution is 6.23. The van der Waals surface area contributed by atoms with Gasteiger partial charge < -0.3 is 8.83 Å². The summed E-state index contributed by atoms with van der Waals surface area (Å²) in [6.07, 6.45) is 0. The van der Waals surface area contributed by atoms with E-state index in [2.05, 4.69) is 154 Å². The van der Waals surface area contributed by atoms with Crippen molar-refractivity contribution in [3.63, 3.8) is 0 Å². The van der Waals surface area contributed by atoms with E-state index in [9.17, 15) is 0 Å². The Morgan fingerprint density at radius 3 is 1.94 bits per heavy atom. The molecule has 0 amide bonds. The van der Waals surface area contributed by atoms with Gasteiger partial charge in [-0.05, 0) is 71.3 Å². The fraction of sp³-hybridized carbons (Fsp3) is 0.152. The van der Waals surface area contributed by atoms with Crippen LogP contribution in [0.25, 0.3) is 83.5 Å². The molecule has 3 aromatic heterocycles. The van der Waals surface area contributed by atoms with Crippen LogP contribution in [0.3, 0.4) is 0 Å². The van der Waals surface area contributed by atoms with Gasteiger partial charge in [0.05, 0.1) is 22.3 Å². The molecule has 0 radical (unpaired) electrons. The molecule has 50 heavy (non-hydrogen) atoms. The molecule has 3 heterocycles. The summed E-state index contributed by atoms with van der Waals surface area (Å²) in [5, 5.41) is 3.18. The molecular weight excluding hydrogens is 613 g/mol. The molecule has 0 atom stereocenters. The highest BCUT2D eigenvalue weighted by atomic mass is 16.3. The molecule has 0 saturated heterocycles. The lowest BCUT2D eigenvalue weighted by Gasteiger charge is -2.22. The van der Waals surface area contributed by atoms with Gasteiger partial charge in [-0.25, -0.2) is 4.98 Å². The molecule has 0 N–H and O–H groups in total. The number of hydrogen-bond donors (Lipinski definition) is 0. The van der Waals surface area contributed by atoms with E-state index < -0.39 is 0 Å². The first kappa shape index (κ1) is 30.2. The summed E-state index contributed by atoms with van der Waals surface area (Å²) in [5.41, 5.74) is 13.6. The molecule has 0 aliphatic rings. The Morgan fingerprint density at radius 1 is 0.580 bits per heavy atom. The topological polar surface area (TPSA) is 44.1 Å². The first-order chi connectivity index (χ1) is 24.4. The van der Waals surface area contributed by atoms with Crippen molar-refractivity contribution < 1.29 is 8.83 Å². The average Bonchev–Trinajstić information content (AvgIpc) is 3.82. The summed E-state index contributed by atoms with van der Waals surface area (Å²) in [7, 11) is 0. The quantitative estimate of drug-likeness (QED) is 0.180. The SMILES string of the molecule is Cc1c(-c2ccccc2)oc2cc(-c3nc4ccccc4n3-c3c(C(C)C)cccc3C(C)C)c3oc4cc(-c5ccccc5)ccc4c3c12. The van der Waals surface area contributed by atoms with Crippen LogP contribution < -0.4 is 0 Å². The van der Waals surface area contributed by atoms with E-state index in [4.69, 9.17) is 13.8 Å².